The smallest absolute Gasteiger partial charge is 0.326 e. The summed E-state index contributed by atoms with van der Waals surface area (Å²) < 4.78 is 0. The van der Waals surface area contributed by atoms with Crippen molar-refractivity contribution >= 4 is 35.5 Å². The van der Waals surface area contributed by atoms with E-state index in [0.717, 1.165) is 5.56 Å². The normalized spacial score (nSPS) is 14.8. The number of hydrogen-bond donors (Lipinski definition) is 7. The minimum Gasteiger partial charge on any atom is -0.480 e. The second-order valence-electron chi connectivity index (χ2n) is 8.80. The third kappa shape index (κ3) is 11.1. The molecular formula is C24H36N6O7. The van der Waals surface area contributed by atoms with E-state index in [4.69, 9.17) is 17.2 Å². The Hall–Kier alpha value is -4.00. The molecule has 1 aromatic rings. The van der Waals surface area contributed by atoms with E-state index < -0.39 is 72.0 Å². The van der Waals surface area contributed by atoms with E-state index in [1.165, 1.54) is 0 Å². The van der Waals surface area contributed by atoms with Gasteiger partial charge < -0.3 is 38.3 Å². The van der Waals surface area contributed by atoms with E-state index in [0.29, 0.717) is 6.42 Å². The Kier molecular flexibility index (Phi) is 12.7. The number of carbonyl (C=O) groups excluding carboxylic acids is 5. The van der Waals surface area contributed by atoms with E-state index in [-0.39, 0.29) is 19.3 Å². The van der Waals surface area contributed by atoms with Crippen LogP contribution >= 0.6 is 0 Å². The van der Waals surface area contributed by atoms with Gasteiger partial charge in [-0.1, -0.05) is 50.6 Å². The number of carboxylic acid groups (broad SMARTS) is 1. The number of nitrogens with one attached hydrogen (secondary N) is 3. The van der Waals surface area contributed by atoms with Crippen molar-refractivity contribution in [2.75, 3.05) is 0 Å². The van der Waals surface area contributed by atoms with Crippen LogP contribution in [0, 0.1) is 5.92 Å². The van der Waals surface area contributed by atoms with Gasteiger partial charge in [-0.25, -0.2) is 4.79 Å². The molecule has 0 radical (unpaired) electrons. The molecule has 37 heavy (non-hydrogen) atoms. The van der Waals surface area contributed by atoms with Crippen LogP contribution in [0.4, 0.5) is 0 Å². The first-order chi connectivity index (χ1) is 17.3. The lowest BCUT2D eigenvalue weighted by Gasteiger charge is -2.28. The van der Waals surface area contributed by atoms with Crippen molar-refractivity contribution < 1.29 is 33.9 Å². The fourth-order valence-electron chi connectivity index (χ4n) is 3.41. The number of hydrogen-bond acceptors (Lipinski definition) is 7. The number of primary amides is 2. The molecule has 0 heterocycles. The molecule has 0 saturated carbocycles. The third-order valence-corrected chi connectivity index (χ3v) is 5.76. The predicted octanol–water partition coefficient (Wildman–Crippen LogP) is -1.72. The summed E-state index contributed by atoms with van der Waals surface area (Å²) in [5, 5.41) is 16.5. The quantitative estimate of drug-likeness (QED) is 0.132. The maximum Gasteiger partial charge on any atom is 0.326 e. The molecule has 5 atom stereocenters. The van der Waals surface area contributed by atoms with E-state index in [1.807, 2.05) is 6.07 Å². The number of rotatable bonds is 16. The van der Waals surface area contributed by atoms with Crippen LogP contribution in [0.5, 0.6) is 0 Å². The van der Waals surface area contributed by atoms with Gasteiger partial charge in [0.15, 0.2) is 0 Å². The highest BCUT2D eigenvalue weighted by atomic mass is 16.4. The Morgan fingerprint density at radius 3 is 1.97 bits per heavy atom. The minimum atomic E-state index is -1.59. The largest absolute Gasteiger partial charge is 0.480 e. The van der Waals surface area contributed by atoms with Crippen molar-refractivity contribution in [2.24, 2.45) is 23.1 Å². The van der Waals surface area contributed by atoms with E-state index >= 15 is 0 Å². The monoisotopic (exact) mass is 520 g/mol. The second-order valence-corrected chi connectivity index (χ2v) is 8.80. The lowest BCUT2D eigenvalue weighted by molar-refractivity contribution is -0.144. The SMILES string of the molecule is CCC(C)C(NC(=O)C(CCC(N)=O)NC(=O)C(N)Cc1ccccc1)C(=O)NC(CC(N)=O)C(=O)O. The van der Waals surface area contributed by atoms with Crippen molar-refractivity contribution in [2.45, 2.75) is 70.1 Å². The Bertz CT molecular complexity index is 972. The number of nitrogens with two attached hydrogens (primary N) is 3. The van der Waals surface area contributed by atoms with Crippen LogP contribution in [0.25, 0.3) is 0 Å². The van der Waals surface area contributed by atoms with Gasteiger partial charge in [-0.2, -0.15) is 0 Å². The highest BCUT2D eigenvalue weighted by Crippen LogP contribution is 2.11. The third-order valence-electron chi connectivity index (χ3n) is 5.76. The molecular weight excluding hydrogens is 484 g/mol. The molecule has 5 unspecified atom stereocenters. The van der Waals surface area contributed by atoms with E-state index in [9.17, 15) is 33.9 Å². The summed E-state index contributed by atoms with van der Waals surface area (Å²) in [4.78, 5) is 72.6. The molecule has 204 valence electrons. The summed E-state index contributed by atoms with van der Waals surface area (Å²) in [5.74, 6) is -5.85. The van der Waals surface area contributed by atoms with Gasteiger partial charge in [0.1, 0.15) is 18.1 Å². The first kappa shape index (κ1) is 31.0. The first-order valence-electron chi connectivity index (χ1n) is 11.9. The zero-order chi connectivity index (χ0) is 28.1. The van der Waals surface area contributed by atoms with Crippen molar-refractivity contribution in [3.63, 3.8) is 0 Å². The zero-order valence-electron chi connectivity index (χ0n) is 20.9. The molecule has 0 aliphatic rings. The van der Waals surface area contributed by atoms with Gasteiger partial charge in [0.2, 0.25) is 29.5 Å². The average molecular weight is 521 g/mol. The lowest BCUT2D eigenvalue weighted by Crippen LogP contribution is -2.59. The van der Waals surface area contributed by atoms with Crippen molar-refractivity contribution in [3.8, 4) is 0 Å². The number of carbonyl (C=O) groups is 6. The van der Waals surface area contributed by atoms with E-state index in [2.05, 4.69) is 16.0 Å². The summed E-state index contributed by atoms with van der Waals surface area (Å²) in [6, 6.07) is 3.95. The lowest BCUT2D eigenvalue weighted by atomic mass is 9.96. The molecule has 1 rings (SSSR count). The summed E-state index contributed by atoms with van der Waals surface area (Å²) in [6.45, 7) is 3.41. The van der Waals surface area contributed by atoms with Crippen LogP contribution in [0.1, 0.15) is 45.1 Å². The van der Waals surface area contributed by atoms with Crippen LogP contribution in [0.15, 0.2) is 30.3 Å². The highest BCUT2D eigenvalue weighted by Gasteiger charge is 2.33. The Labute approximate surface area is 214 Å². The predicted molar refractivity (Wildman–Crippen MR) is 133 cm³/mol. The van der Waals surface area contributed by atoms with Gasteiger partial charge in [0.25, 0.3) is 0 Å². The number of amides is 5. The number of carboxylic acids is 1. The summed E-state index contributed by atoms with van der Waals surface area (Å²) in [7, 11) is 0. The minimum absolute atomic E-state index is 0.154. The number of benzene rings is 1. The summed E-state index contributed by atoms with van der Waals surface area (Å²) >= 11 is 0. The van der Waals surface area contributed by atoms with Crippen LogP contribution in [0.2, 0.25) is 0 Å². The molecule has 13 nitrogen and oxygen atoms in total. The zero-order valence-corrected chi connectivity index (χ0v) is 20.9. The van der Waals surface area contributed by atoms with Crippen LogP contribution in [-0.2, 0) is 35.2 Å². The molecule has 0 saturated heterocycles. The molecule has 1 aromatic carbocycles. The van der Waals surface area contributed by atoms with Crippen molar-refractivity contribution in [1.82, 2.24) is 16.0 Å². The van der Waals surface area contributed by atoms with Crippen LogP contribution in [-0.4, -0.2) is 64.8 Å². The molecule has 13 heteroatoms. The molecule has 5 amide bonds. The topological polar surface area (TPSA) is 237 Å². The fraction of sp³-hybridized carbons (Fsp3) is 0.500. The summed E-state index contributed by atoms with van der Waals surface area (Å²) in [6.07, 6.45) is -0.401. The van der Waals surface area contributed by atoms with Crippen molar-refractivity contribution in [1.29, 1.82) is 0 Å². The van der Waals surface area contributed by atoms with Gasteiger partial charge in [0.05, 0.1) is 12.5 Å². The number of aliphatic carboxylic acids is 1. The fourth-order valence-corrected chi connectivity index (χ4v) is 3.41. The Morgan fingerprint density at radius 1 is 0.865 bits per heavy atom. The molecule has 10 N–H and O–H groups in total. The standard InChI is InChI=1S/C24H36N6O7/c1-3-13(2)20(23(35)29-17(24(36)37)12-19(27)32)30-22(34)16(9-10-18(26)31)28-21(33)15(25)11-14-7-5-4-6-8-14/h4-8,13,15-17,20H,3,9-12,25H2,1-2H3,(H2,26,31)(H2,27,32)(H,28,33)(H,29,35)(H,30,34)(H,36,37). The van der Waals surface area contributed by atoms with Gasteiger partial charge >= 0.3 is 5.97 Å². The van der Waals surface area contributed by atoms with Gasteiger partial charge in [-0.15, -0.1) is 0 Å². The van der Waals surface area contributed by atoms with E-state index in [1.54, 1.807) is 38.1 Å². The van der Waals surface area contributed by atoms with Gasteiger partial charge in [-0.05, 0) is 24.3 Å². The molecule has 0 aliphatic carbocycles. The maximum atomic E-state index is 13.1. The first-order valence-corrected chi connectivity index (χ1v) is 11.9. The molecule has 0 fully saturated rings. The van der Waals surface area contributed by atoms with Gasteiger partial charge in [-0.3, -0.25) is 24.0 Å². The second kappa shape index (κ2) is 15.2. The molecule has 0 spiro atoms. The van der Waals surface area contributed by atoms with Crippen LogP contribution in [0.3, 0.4) is 0 Å². The average Bonchev–Trinajstić information content (AvgIpc) is 2.83. The molecule has 0 bridgehead atoms. The van der Waals surface area contributed by atoms with Crippen molar-refractivity contribution in [3.05, 3.63) is 35.9 Å². The Balaban J connectivity index is 3.03. The van der Waals surface area contributed by atoms with Gasteiger partial charge in [0, 0.05) is 6.42 Å². The Morgan fingerprint density at radius 2 is 1.46 bits per heavy atom. The molecule has 0 aromatic heterocycles. The molecule has 0 aliphatic heterocycles. The highest BCUT2D eigenvalue weighted by molar-refractivity contribution is 5.95. The maximum absolute atomic E-state index is 13.1. The summed E-state index contributed by atoms with van der Waals surface area (Å²) in [5.41, 5.74) is 17.1. The van der Waals surface area contributed by atoms with Crippen LogP contribution < -0.4 is 33.2 Å².